The van der Waals surface area contributed by atoms with E-state index in [1.54, 1.807) is 0 Å². The third-order valence-corrected chi connectivity index (χ3v) is 3.41. The van der Waals surface area contributed by atoms with Crippen LogP contribution in [0.1, 0.15) is 26.2 Å². The predicted molar refractivity (Wildman–Crippen MR) is 61.5 cm³/mol. The molecule has 0 aromatic rings. The summed E-state index contributed by atoms with van der Waals surface area (Å²) in [6, 6.07) is -0.471. The van der Waals surface area contributed by atoms with Crippen molar-refractivity contribution in [3.63, 3.8) is 0 Å². The number of hydrogen-bond acceptors (Lipinski definition) is 4. The van der Waals surface area contributed by atoms with Crippen LogP contribution in [-0.2, 0) is 9.59 Å². The number of nitrogens with zero attached hydrogens (tertiary/aromatic N) is 1. The molecule has 0 spiro atoms. The topological polar surface area (TPSA) is 63.4 Å². The smallest absolute Gasteiger partial charge is 0.246 e. The van der Waals surface area contributed by atoms with Crippen LogP contribution in [0.2, 0.25) is 0 Å². The molecule has 5 heteroatoms. The number of carbonyl (C=O) groups is 2. The molecule has 1 saturated heterocycles. The first kappa shape index (κ1) is 12.5. The van der Waals surface area contributed by atoms with Crippen LogP contribution in [0.5, 0.6) is 0 Å². The summed E-state index contributed by atoms with van der Waals surface area (Å²) in [5.74, 6) is 1.79. The summed E-state index contributed by atoms with van der Waals surface area (Å²) in [7, 11) is 0. The fourth-order valence-electron chi connectivity index (χ4n) is 1.56. The Kier molecular flexibility index (Phi) is 5.11. The van der Waals surface area contributed by atoms with E-state index >= 15 is 0 Å². The van der Waals surface area contributed by atoms with Crippen LogP contribution >= 0.6 is 11.8 Å². The zero-order valence-corrected chi connectivity index (χ0v) is 9.89. The van der Waals surface area contributed by atoms with Crippen LogP contribution in [-0.4, -0.2) is 40.8 Å². The van der Waals surface area contributed by atoms with E-state index in [-0.39, 0.29) is 11.8 Å². The summed E-state index contributed by atoms with van der Waals surface area (Å²) in [6.07, 6.45) is 1.77. The maximum atomic E-state index is 11.6. The summed E-state index contributed by atoms with van der Waals surface area (Å²) in [5, 5.41) is 0. The number of imide groups is 1. The Balaban J connectivity index is 2.36. The molecule has 2 N–H and O–H groups in total. The van der Waals surface area contributed by atoms with Crippen molar-refractivity contribution in [2.75, 3.05) is 18.1 Å². The predicted octanol–water partition coefficient (Wildman–Crippen LogP) is 0.606. The molecule has 0 saturated carbocycles. The molecule has 0 bridgehead atoms. The molecule has 0 aromatic heterocycles. The molecule has 1 unspecified atom stereocenters. The summed E-state index contributed by atoms with van der Waals surface area (Å²) in [4.78, 5) is 24.4. The summed E-state index contributed by atoms with van der Waals surface area (Å²) in [5.41, 5.74) is 5.61. The minimum absolute atomic E-state index is 0.0665. The average Bonchev–Trinajstić information content (AvgIpc) is 2.23. The van der Waals surface area contributed by atoms with Crippen molar-refractivity contribution in [3.05, 3.63) is 0 Å². The molecule has 15 heavy (non-hydrogen) atoms. The van der Waals surface area contributed by atoms with Gasteiger partial charge in [0, 0.05) is 13.0 Å². The molecule has 0 aliphatic carbocycles. The lowest BCUT2D eigenvalue weighted by Crippen LogP contribution is -2.51. The van der Waals surface area contributed by atoms with E-state index in [4.69, 9.17) is 5.73 Å². The van der Waals surface area contributed by atoms with E-state index in [2.05, 4.69) is 6.92 Å². The van der Waals surface area contributed by atoms with Crippen LogP contribution in [0.4, 0.5) is 0 Å². The van der Waals surface area contributed by atoms with E-state index in [1.165, 1.54) is 4.90 Å². The van der Waals surface area contributed by atoms with E-state index in [9.17, 15) is 9.59 Å². The highest BCUT2D eigenvalue weighted by molar-refractivity contribution is 7.99. The van der Waals surface area contributed by atoms with Gasteiger partial charge in [0.1, 0.15) is 0 Å². The second kappa shape index (κ2) is 6.12. The molecule has 0 radical (unpaired) electrons. The second-order valence-electron chi connectivity index (χ2n) is 3.58. The molecule has 1 aliphatic heterocycles. The molecule has 4 nitrogen and oxygen atoms in total. The quantitative estimate of drug-likeness (QED) is 0.555. The first-order valence-electron chi connectivity index (χ1n) is 5.34. The molecular weight excluding hydrogens is 212 g/mol. The van der Waals surface area contributed by atoms with E-state index < -0.39 is 6.04 Å². The SMILES string of the molecule is CCSCCCN1C(=O)CCC(N)C1=O. The number of thioether (sulfide) groups is 1. The van der Waals surface area contributed by atoms with Crippen LogP contribution in [0.3, 0.4) is 0 Å². The lowest BCUT2D eigenvalue weighted by atomic mass is 10.1. The van der Waals surface area contributed by atoms with Gasteiger partial charge in [-0.05, 0) is 24.3 Å². The minimum Gasteiger partial charge on any atom is -0.320 e. The van der Waals surface area contributed by atoms with E-state index in [0.717, 1.165) is 17.9 Å². The number of rotatable bonds is 5. The Morgan fingerprint density at radius 2 is 2.27 bits per heavy atom. The van der Waals surface area contributed by atoms with Crippen molar-refractivity contribution in [1.82, 2.24) is 4.90 Å². The van der Waals surface area contributed by atoms with Crippen molar-refractivity contribution in [2.24, 2.45) is 5.73 Å². The Morgan fingerprint density at radius 3 is 2.93 bits per heavy atom. The standard InChI is InChI=1S/C10H18N2O2S/c1-2-15-7-3-6-12-9(13)5-4-8(11)10(12)14/h8H,2-7,11H2,1H3. The monoisotopic (exact) mass is 230 g/mol. The zero-order valence-electron chi connectivity index (χ0n) is 9.07. The van der Waals surface area contributed by atoms with Crippen LogP contribution < -0.4 is 5.73 Å². The highest BCUT2D eigenvalue weighted by Gasteiger charge is 2.31. The lowest BCUT2D eigenvalue weighted by Gasteiger charge is -2.28. The Hall–Kier alpha value is -0.550. The van der Waals surface area contributed by atoms with Crippen LogP contribution in [0.25, 0.3) is 0 Å². The van der Waals surface area contributed by atoms with Crippen molar-refractivity contribution in [2.45, 2.75) is 32.2 Å². The average molecular weight is 230 g/mol. The second-order valence-corrected chi connectivity index (χ2v) is 4.97. The van der Waals surface area contributed by atoms with Gasteiger partial charge in [0.2, 0.25) is 11.8 Å². The summed E-state index contributed by atoms with van der Waals surface area (Å²) < 4.78 is 0. The number of piperidine rings is 1. The molecule has 1 heterocycles. The third kappa shape index (κ3) is 3.50. The Labute approximate surface area is 94.6 Å². The normalized spacial score (nSPS) is 22.3. The summed E-state index contributed by atoms with van der Waals surface area (Å²) in [6.45, 7) is 2.62. The van der Waals surface area contributed by atoms with Gasteiger partial charge in [-0.1, -0.05) is 6.92 Å². The van der Waals surface area contributed by atoms with Gasteiger partial charge < -0.3 is 5.73 Å². The number of likely N-dealkylation sites (tertiary alicyclic amines) is 1. The molecule has 1 atom stereocenters. The molecule has 2 amide bonds. The Bertz CT molecular complexity index is 246. The molecule has 0 aromatic carbocycles. The zero-order chi connectivity index (χ0) is 11.3. The van der Waals surface area contributed by atoms with Gasteiger partial charge in [-0.15, -0.1) is 0 Å². The number of nitrogens with two attached hydrogens (primary N) is 1. The van der Waals surface area contributed by atoms with Crippen LogP contribution in [0.15, 0.2) is 0 Å². The van der Waals surface area contributed by atoms with Crippen LogP contribution in [0, 0.1) is 0 Å². The number of amides is 2. The largest absolute Gasteiger partial charge is 0.320 e. The third-order valence-electron chi connectivity index (χ3n) is 2.43. The molecule has 1 rings (SSSR count). The minimum atomic E-state index is -0.471. The fourth-order valence-corrected chi connectivity index (χ4v) is 2.19. The maximum Gasteiger partial charge on any atom is 0.246 e. The summed E-state index contributed by atoms with van der Waals surface area (Å²) >= 11 is 1.82. The first-order chi connectivity index (χ1) is 7.16. The maximum absolute atomic E-state index is 11.6. The fraction of sp³-hybridized carbons (Fsp3) is 0.800. The highest BCUT2D eigenvalue weighted by Crippen LogP contribution is 2.12. The van der Waals surface area contributed by atoms with Crippen molar-refractivity contribution < 1.29 is 9.59 Å². The van der Waals surface area contributed by atoms with Gasteiger partial charge in [0.25, 0.3) is 0 Å². The Morgan fingerprint density at radius 1 is 1.53 bits per heavy atom. The molecule has 86 valence electrons. The number of hydrogen-bond donors (Lipinski definition) is 1. The highest BCUT2D eigenvalue weighted by atomic mass is 32.2. The van der Waals surface area contributed by atoms with Crippen molar-refractivity contribution in [3.8, 4) is 0 Å². The van der Waals surface area contributed by atoms with E-state index in [0.29, 0.717) is 19.4 Å². The molecule has 1 aliphatic rings. The van der Waals surface area contributed by atoms with Gasteiger partial charge in [0.05, 0.1) is 6.04 Å². The van der Waals surface area contributed by atoms with Crippen molar-refractivity contribution >= 4 is 23.6 Å². The van der Waals surface area contributed by atoms with Gasteiger partial charge >= 0.3 is 0 Å². The molecule has 1 fully saturated rings. The van der Waals surface area contributed by atoms with Gasteiger partial charge in [-0.2, -0.15) is 11.8 Å². The van der Waals surface area contributed by atoms with Gasteiger partial charge in [-0.3, -0.25) is 14.5 Å². The van der Waals surface area contributed by atoms with Crippen molar-refractivity contribution in [1.29, 1.82) is 0 Å². The number of carbonyl (C=O) groups excluding carboxylic acids is 2. The van der Waals surface area contributed by atoms with Gasteiger partial charge in [-0.25, -0.2) is 0 Å². The first-order valence-corrected chi connectivity index (χ1v) is 6.49. The lowest BCUT2D eigenvalue weighted by molar-refractivity contribution is -0.149. The van der Waals surface area contributed by atoms with E-state index in [1.807, 2.05) is 11.8 Å². The molecular formula is C10H18N2O2S. The van der Waals surface area contributed by atoms with Gasteiger partial charge in [0.15, 0.2) is 0 Å².